The molecule has 3 aliphatic rings. The van der Waals surface area contributed by atoms with Crippen LogP contribution in [0.1, 0.15) is 32.1 Å². The molecule has 4 nitrogen and oxygen atoms in total. The van der Waals surface area contributed by atoms with E-state index in [0.717, 1.165) is 45.0 Å². The fourth-order valence-electron chi connectivity index (χ4n) is 4.86. The van der Waals surface area contributed by atoms with Gasteiger partial charge in [0.05, 0.1) is 13.2 Å². The van der Waals surface area contributed by atoms with E-state index in [1.807, 2.05) is 12.1 Å². The van der Waals surface area contributed by atoms with E-state index in [-0.39, 0.29) is 5.82 Å². The third-order valence-electron chi connectivity index (χ3n) is 6.08. The maximum Gasteiger partial charge on any atom is 0.125 e. The van der Waals surface area contributed by atoms with E-state index in [9.17, 15) is 4.39 Å². The van der Waals surface area contributed by atoms with E-state index in [2.05, 4.69) is 15.5 Å². The van der Waals surface area contributed by atoms with Crippen molar-refractivity contribution in [2.45, 2.75) is 50.2 Å². The summed E-state index contributed by atoms with van der Waals surface area (Å²) in [6.07, 6.45) is 6.24. The number of ether oxygens (including phenoxy) is 1. The van der Waals surface area contributed by atoms with Gasteiger partial charge in [-0.15, -0.1) is 0 Å². The van der Waals surface area contributed by atoms with Crippen LogP contribution in [0.15, 0.2) is 24.3 Å². The first-order chi connectivity index (χ1) is 12.3. The van der Waals surface area contributed by atoms with Crippen molar-refractivity contribution in [2.75, 3.05) is 37.7 Å². The molecule has 1 saturated carbocycles. The van der Waals surface area contributed by atoms with Crippen molar-refractivity contribution in [3.63, 3.8) is 0 Å². The fourth-order valence-corrected chi connectivity index (χ4v) is 4.86. The molecule has 0 radical (unpaired) electrons. The van der Waals surface area contributed by atoms with Gasteiger partial charge in [0, 0.05) is 43.4 Å². The fraction of sp³-hybridized carbons (Fsp3) is 0.700. The van der Waals surface area contributed by atoms with E-state index >= 15 is 0 Å². The highest BCUT2D eigenvalue weighted by Gasteiger charge is 2.36. The predicted octanol–water partition coefficient (Wildman–Crippen LogP) is 2.54. The van der Waals surface area contributed by atoms with Crippen molar-refractivity contribution in [1.29, 1.82) is 0 Å². The number of hydrogen-bond acceptors (Lipinski definition) is 4. The maximum absolute atomic E-state index is 13.5. The second-order valence-corrected chi connectivity index (χ2v) is 7.77. The summed E-state index contributed by atoms with van der Waals surface area (Å²) in [6.45, 7) is 4.66. The lowest BCUT2D eigenvalue weighted by molar-refractivity contribution is 0.0515. The molecular weight excluding hydrogens is 317 g/mol. The van der Waals surface area contributed by atoms with E-state index < -0.39 is 0 Å². The van der Waals surface area contributed by atoms with Crippen LogP contribution in [0, 0.1) is 11.7 Å². The Hall–Kier alpha value is -1.17. The van der Waals surface area contributed by atoms with E-state index in [4.69, 9.17) is 4.74 Å². The van der Waals surface area contributed by atoms with E-state index in [1.54, 1.807) is 6.07 Å². The van der Waals surface area contributed by atoms with Crippen molar-refractivity contribution in [1.82, 2.24) is 10.6 Å². The summed E-state index contributed by atoms with van der Waals surface area (Å²) in [5.74, 6) is 0.525. The summed E-state index contributed by atoms with van der Waals surface area (Å²) < 4.78 is 19.2. The second-order valence-electron chi connectivity index (χ2n) is 7.77. The third-order valence-corrected chi connectivity index (χ3v) is 6.08. The number of morpholine rings is 1. The maximum atomic E-state index is 13.5. The van der Waals surface area contributed by atoms with Crippen molar-refractivity contribution in [3.05, 3.63) is 30.1 Å². The van der Waals surface area contributed by atoms with Crippen LogP contribution in [0.2, 0.25) is 0 Å². The lowest BCUT2D eigenvalue weighted by Gasteiger charge is -2.39. The zero-order valence-corrected chi connectivity index (χ0v) is 14.9. The molecule has 2 saturated heterocycles. The Labute approximate surface area is 150 Å². The van der Waals surface area contributed by atoms with Gasteiger partial charge in [0.15, 0.2) is 0 Å². The van der Waals surface area contributed by atoms with Gasteiger partial charge in [0.25, 0.3) is 0 Å². The highest BCUT2D eigenvalue weighted by molar-refractivity contribution is 5.47. The molecule has 0 amide bonds. The zero-order chi connectivity index (χ0) is 17.1. The number of hydrogen-bond donors (Lipinski definition) is 2. The van der Waals surface area contributed by atoms with Crippen LogP contribution in [-0.2, 0) is 4.74 Å². The molecule has 3 fully saturated rings. The monoisotopic (exact) mass is 347 g/mol. The molecule has 2 aliphatic heterocycles. The quantitative estimate of drug-likeness (QED) is 0.878. The molecule has 1 aromatic rings. The van der Waals surface area contributed by atoms with Crippen molar-refractivity contribution >= 4 is 5.69 Å². The van der Waals surface area contributed by atoms with Gasteiger partial charge in [-0.05, 0) is 49.8 Å². The largest absolute Gasteiger partial charge is 0.379 e. The van der Waals surface area contributed by atoms with Gasteiger partial charge in [-0.1, -0.05) is 12.5 Å². The normalized spacial score (nSPS) is 33.6. The highest BCUT2D eigenvalue weighted by Crippen LogP contribution is 2.31. The summed E-state index contributed by atoms with van der Waals surface area (Å²) in [5.41, 5.74) is 1.01. The van der Waals surface area contributed by atoms with Crippen LogP contribution in [0.25, 0.3) is 0 Å². The average molecular weight is 347 g/mol. The number of benzene rings is 1. The Balaban J connectivity index is 1.36. The first kappa shape index (κ1) is 17.3. The molecule has 0 bridgehead atoms. The molecule has 0 spiro atoms. The van der Waals surface area contributed by atoms with Crippen molar-refractivity contribution < 1.29 is 9.13 Å². The topological polar surface area (TPSA) is 36.5 Å². The molecule has 4 unspecified atom stereocenters. The minimum absolute atomic E-state index is 0.146. The lowest BCUT2D eigenvalue weighted by atomic mass is 9.92. The van der Waals surface area contributed by atoms with Crippen LogP contribution >= 0.6 is 0 Å². The highest BCUT2D eigenvalue weighted by atomic mass is 19.1. The molecule has 2 heterocycles. The van der Waals surface area contributed by atoms with Gasteiger partial charge in [0.1, 0.15) is 5.82 Å². The van der Waals surface area contributed by atoms with Crippen LogP contribution in [0.3, 0.4) is 0 Å². The Morgan fingerprint density at radius 3 is 3.00 bits per heavy atom. The van der Waals surface area contributed by atoms with E-state index in [1.165, 1.54) is 31.7 Å². The number of nitrogens with zero attached hydrogens (tertiary/aromatic N) is 1. The van der Waals surface area contributed by atoms with Crippen LogP contribution in [-0.4, -0.2) is 51.0 Å². The van der Waals surface area contributed by atoms with Crippen molar-refractivity contribution in [3.8, 4) is 0 Å². The molecule has 5 heteroatoms. The van der Waals surface area contributed by atoms with Gasteiger partial charge in [-0.2, -0.15) is 0 Å². The summed E-state index contributed by atoms with van der Waals surface area (Å²) in [6, 6.07) is 8.58. The molecule has 4 rings (SSSR count). The minimum Gasteiger partial charge on any atom is -0.379 e. The summed E-state index contributed by atoms with van der Waals surface area (Å²) in [5, 5.41) is 7.60. The lowest BCUT2D eigenvalue weighted by Crippen LogP contribution is -2.55. The zero-order valence-electron chi connectivity index (χ0n) is 14.9. The number of halogens is 1. The smallest absolute Gasteiger partial charge is 0.125 e. The standard InChI is InChI=1S/C20H30FN3O/c21-15-4-1-6-17(12-15)24-10-3-5-16(13-24)23-19-8-2-7-18(19)20-14-25-11-9-22-20/h1,4,6,12,16,18-20,22-23H,2-3,5,7-11,13-14H2. The Morgan fingerprint density at radius 1 is 1.20 bits per heavy atom. The predicted molar refractivity (Wildman–Crippen MR) is 98.5 cm³/mol. The van der Waals surface area contributed by atoms with Gasteiger partial charge < -0.3 is 20.3 Å². The van der Waals surface area contributed by atoms with Crippen LogP contribution < -0.4 is 15.5 Å². The van der Waals surface area contributed by atoms with Gasteiger partial charge in [-0.25, -0.2) is 4.39 Å². The average Bonchev–Trinajstić information content (AvgIpc) is 3.11. The summed E-state index contributed by atoms with van der Waals surface area (Å²) >= 11 is 0. The Bertz CT molecular complexity index is 564. The van der Waals surface area contributed by atoms with Crippen molar-refractivity contribution in [2.24, 2.45) is 5.92 Å². The van der Waals surface area contributed by atoms with Gasteiger partial charge in [-0.3, -0.25) is 0 Å². The molecule has 138 valence electrons. The SMILES string of the molecule is Fc1cccc(N2CCCC(NC3CCCC3C3COCCN3)C2)c1. The second kappa shape index (κ2) is 8.02. The minimum atomic E-state index is -0.146. The third kappa shape index (κ3) is 4.15. The van der Waals surface area contributed by atoms with Crippen LogP contribution in [0.4, 0.5) is 10.1 Å². The van der Waals surface area contributed by atoms with Gasteiger partial charge in [0.2, 0.25) is 0 Å². The number of piperidine rings is 1. The molecule has 1 aromatic carbocycles. The molecule has 1 aliphatic carbocycles. The van der Waals surface area contributed by atoms with Gasteiger partial charge >= 0.3 is 0 Å². The summed E-state index contributed by atoms with van der Waals surface area (Å²) in [7, 11) is 0. The first-order valence-corrected chi connectivity index (χ1v) is 9.87. The number of nitrogens with one attached hydrogen (secondary N) is 2. The molecular formula is C20H30FN3O. The van der Waals surface area contributed by atoms with Crippen LogP contribution in [0.5, 0.6) is 0 Å². The first-order valence-electron chi connectivity index (χ1n) is 9.87. The number of rotatable bonds is 4. The van der Waals surface area contributed by atoms with E-state index in [0.29, 0.717) is 24.0 Å². The summed E-state index contributed by atoms with van der Waals surface area (Å²) in [4.78, 5) is 2.33. The Morgan fingerprint density at radius 2 is 2.16 bits per heavy atom. The number of anilines is 1. The molecule has 2 N–H and O–H groups in total. The Kier molecular flexibility index (Phi) is 5.54. The molecule has 25 heavy (non-hydrogen) atoms. The molecule has 0 aromatic heterocycles. The molecule has 4 atom stereocenters.